The molecule has 2 N–H and O–H groups in total. The van der Waals surface area contributed by atoms with Gasteiger partial charge in [-0.1, -0.05) is 6.07 Å². The Morgan fingerprint density at radius 3 is 2.83 bits per heavy atom. The second-order valence-corrected chi connectivity index (χ2v) is 6.52. The minimum absolute atomic E-state index is 0.168. The van der Waals surface area contributed by atoms with Crippen molar-refractivity contribution in [2.45, 2.75) is 51.8 Å². The summed E-state index contributed by atoms with van der Waals surface area (Å²) in [5, 5.41) is 16.3. The summed E-state index contributed by atoms with van der Waals surface area (Å²) < 4.78 is 15.3. The van der Waals surface area contributed by atoms with Crippen LogP contribution in [-0.4, -0.2) is 20.8 Å². The second-order valence-electron chi connectivity index (χ2n) is 6.52. The molecule has 5 nitrogen and oxygen atoms in total. The van der Waals surface area contributed by atoms with E-state index < -0.39 is 5.82 Å². The van der Waals surface area contributed by atoms with Crippen LogP contribution in [0.25, 0.3) is 0 Å². The molecule has 0 aliphatic heterocycles. The van der Waals surface area contributed by atoms with Crippen LogP contribution >= 0.6 is 0 Å². The minimum atomic E-state index is -0.443. The number of hydrogen-bond donors (Lipinski definition) is 2. The average molecular weight is 331 g/mol. The van der Waals surface area contributed by atoms with Crippen LogP contribution in [0, 0.1) is 5.82 Å². The van der Waals surface area contributed by atoms with Gasteiger partial charge in [0.25, 0.3) is 5.91 Å². The standard InChI is InChI=1S/C18H22FN3O2/c1-11(2)22-17(13-4-5-13)15(9-21-22)18(24)20-8-12-3-6-16(19)14(7-12)10-23/h3,6-7,9,11,13,23H,4-5,8,10H2,1-2H3,(H,20,24). The molecule has 6 heteroatoms. The summed E-state index contributed by atoms with van der Waals surface area (Å²) >= 11 is 0. The third kappa shape index (κ3) is 3.33. The van der Waals surface area contributed by atoms with Crippen molar-refractivity contribution in [3.63, 3.8) is 0 Å². The average Bonchev–Trinajstić information content (AvgIpc) is 3.31. The lowest BCUT2D eigenvalue weighted by Crippen LogP contribution is -2.24. The Bertz CT molecular complexity index is 751. The summed E-state index contributed by atoms with van der Waals surface area (Å²) in [5.41, 5.74) is 2.61. The first-order chi connectivity index (χ1) is 11.5. The Morgan fingerprint density at radius 2 is 2.21 bits per heavy atom. The number of nitrogens with one attached hydrogen (secondary N) is 1. The highest BCUT2D eigenvalue weighted by molar-refractivity contribution is 5.95. The number of aromatic nitrogens is 2. The number of halogens is 1. The third-order valence-electron chi connectivity index (χ3n) is 4.27. The molecule has 24 heavy (non-hydrogen) atoms. The molecule has 0 bridgehead atoms. The van der Waals surface area contributed by atoms with E-state index in [9.17, 15) is 9.18 Å². The highest BCUT2D eigenvalue weighted by Gasteiger charge is 2.32. The minimum Gasteiger partial charge on any atom is -0.392 e. The van der Waals surface area contributed by atoms with Gasteiger partial charge in [0.1, 0.15) is 5.82 Å². The van der Waals surface area contributed by atoms with Crippen molar-refractivity contribution in [3.05, 3.63) is 52.6 Å². The van der Waals surface area contributed by atoms with Crippen LogP contribution in [0.4, 0.5) is 4.39 Å². The number of amides is 1. The van der Waals surface area contributed by atoms with Gasteiger partial charge in [0, 0.05) is 24.1 Å². The van der Waals surface area contributed by atoms with Crippen LogP contribution in [-0.2, 0) is 13.2 Å². The van der Waals surface area contributed by atoms with Gasteiger partial charge in [-0.25, -0.2) is 4.39 Å². The molecule has 0 unspecified atom stereocenters. The Kier molecular flexibility index (Phi) is 4.66. The van der Waals surface area contributed by atoms with E-state index >= 15 is 0 Å². The lowest BCUT2D eigenvalue weighted by atomic mass is 10.1. The van der Waals surface area contributed by atoms with Crippen LogP contribution in [0.15, 0.2) is 24.4 Å². The molecular formula is C18H22FN3O2. The molecule has 1 aromatic heterocycles. The molecule has 1 aliphatic rings. The van der Waals surface area contributed by atoms with Gasteiger partial charge in [-0.15, -0.1) is 0 Å². The molecule has 1 aliphatic carbocycles. The van der Waals surface area contributed by atoms with E-state index in [1.807, 2.05) is 4.68 Å². The normalized spacial score (nSPS) is 14.2. The highest BCUT2D eigenvalue weighted by Crippen LogP contribution is 2.42. The van der Waals surface area contributed by atoms with E-state index in [1.165, 1.54) is 6.07 Å². The fourth-order valence-electron chi connectivity index (χ4n) is 2.86. The molecule has 1 fully saturated rings. The zero-order chi connectivity index (χ0) is 17.3. The fourth-order valence-corrected chi connectivity index (χ4v) is 2.86. The fraction of sp³-hybridized carbons (Fsp3) is 0.444. The number of nitrogens with zero attached hydrogens (tertiary/aromatic N) is 2. The van der Waals surface area contributed by atoms with Crippen LogP contribution in [0.2, 0.25) is 0 Å². The van der Waals surface area contributed by atoms with Gasteiger partial charge >= 0.3 is 0 Å². The molecule has 1 saturated carbocycles. The second kappa shape index (κ2) is 6.73. The SMILES string of the molecule is CC(C)n1ncc(C(=O)NCc2ccc(F)c(CO)c2)c1C1CC1. The maximum Gasteiger partial charge on any atom is 0.255 e. The van der Waals surface area contributed by atoms with Crippen molar-refractivity contribution in [2.75, 3.05) is 0 Å². The topological polar surface area (TPSA) is 67.2 Å². The van der Waals surface area contributed by atoms with E-state index in [-0.39, 0.29) is 30.7 Å². The molecule has 1 amide bonds. The predicted octanol–water partition coefficient (Wildman–Crippen LogP) is 2.90. The summed E-state index contributed by atoms with van der Waals surface area (Å²) in [4.78, 5) is 12.5. The Balaban J connectivity index is 1.74. The molecule has 0 spiro atoms. The zero-order valence-electron chi connectivity index (χ0n) is 13.9. The Hall–Kier alpha value is -2.21. The largest absolute Gasteiger partial charge is 0.392 e. The number of benzene rings is 1. The number of hydrogen-bond acceptors (Lipinski definition) is 3. The van der Waals surface area contributed by atoms with Crippen LogP contribution in [0.3, 0.4) is 0 Å². The molecule has 1 heterocycles. The number of carbonyl (C=O) groups is 1. The van der Waals surface area contributed by atoms with E-state index in [4.69, 9.17) is 5.11 Å². The summed E-state index contributed by atoms with van der Waals surface area (Å²) in [7, 11) is 0. The quantitative estimate of drug-likeness (QED) is 0.855. The van der Waals surface area contributed by atoms with E-state index in [0.717, 1.165) is 24.1 Å². The van der Waals surface area contributed by atoms with Crippen molar-refractivity contribution >= 4 is 5.91 Å². The number of rotatable bonds is 6. The monoisotopic (exact) mass is 331 g/mol. The lowest BCUT2D eigenvalue weighted by Gasteiger charge is -2.12. The van der Waals surface area contributed by atoms with Crippen molar-refractivity contribution in [1.82, 2.24) is 15.1 Å². The predicted molar refractivity (Wildman–Crippen MR) is 88.1 cm³/mol. The number of aliphatic hydroxyl groups is 1. The van der Waals surface area contributed by atoms with Crippen molar-refractivity contribution < 1.29 is 14.3 Å². The van der Waals surface area contributed by atoms with Gasteiger partial charge in [-0.2, -0.15) is 5.10 Å². The maximum atomic E-state index is 13.4. The Morgan fingerprint density at radius 1 is 1.46 bits per heavy atom. The van der Waals surface area contributed by atoms with Gasteiger partial charge in [-0.05, 0) is 44.4 Å². The van der Waals surface area contributed by atoms with Gasteiger partial charge in [0.05, 0.1) is 24.1 Å². The number of aliphatic hydroxyl groups excluding tert-OH is 1. The summed E-state index contributed by atoms with van der Waals surface area (Å²) in [6.07, 6.45) is 3.82. The molecule has 128 valence electrons. The molecule has 1 aromatic carbocycles. The number of carbonyl (C=O) groups excluding carboxylic acids is 1. The van der Waals surface area contributed by atoms with Gasteiger partial charge in [0.15, 0.2) is 0 Å². The summed E-state index contributed by atoms with van der Waals surface area (Å²) in [6, 6.07) is 4.69. The molecular weight excluding hydrogens is 309 g/mol. The first-order valence-electron chi connectivity index (χ1n) is 8.25. The van der Waals surface area contributed by atoms with Gasteiger partial charge in [-0.3, -0.25) is 9.48 Å². The van der Waals surface area contributed by atoms with Crippen LogP contribution < -0.4 is 5.32 Å². The molecule has 3 rings (SSSR count). The van der Waals surface area contributed by atoms with Crippen LogP contribution in [0.1, 0.15) is 65.8 Å². The van der Waals surface area contributed by atoms with Crippen LogP contribution in [0.5, 0.6) is 0 Å². The van der Waals surface area contributed by atoms with Gasteiger partial charge in [0.2, 0.25) is 0 Å². The molecule has 0 atom stereocenters. The molecule has 0 radical (unpaired) electrons. The molecule has 2 aromatic rings. The van der Waals surface area contributed by atoms with Crippen molar-refractivity contribution in [3.8, 4) is 0 Å². The first-order valence-corrected chi connectivity index (χ1v) is 8.25. The first kappa shape index (κ1) is 16.6. The smallest absolute Gasteiger partial charge is 0.255 e. The Labute approximate surface area is 140 Å². The lowest BCUT2D eigenvalue weighted by molar-refractivity contribution is 0.0949. The summed E-state index contributed by atoms with van der Waals surface area (Å²) in [5.74, 6) is -0.192. The highest BCUT2D eigenvalue weighted by atomic mass is 19.1. The third-order valence-corrected chi connectivity index (χ3v) is 4.27. The van der Waals surface area contributed by atoms with Crippen molar-refractivity contribution in [1.29, 1.82) is 0 Å². The van der Waals surface area contributed by atoms with E-state index in [0.29, 0.717) is 11.5 Å². The van der Waals surface area contributed by atoms with E-state index in [1.54, 1.807) is 18.3 Å². The molecule has 0 saturated heterocycles. The summed E-state index contributed by atoms with van der Waals surface area (Å²) in [6.45, 7) is 4.02. The van der Waals surface area contributed by atoms with E-state index in [2.05, 4.69) is 24.3 Å². The maximum absolute atomic E-state index is 13.4. The van der Waals surface area contributed by atoms with Gasteiger partial charge < -0.3 is 10.4 Å². The van der Waals surface area contributed by atoms with Crippen molar-refractivity contribution in [2.24, 2.45) is 0 Å². The zero-order valence-corrected chi connectivity index (χ0v) is 13.9.